The van der Waals surface area contributed by atoms with E-state index in [4.69, 9.17) is 14.8 Å². The molecule has 1 aliphatic carbocycles. The van der Waals surface area contributed by atoms with E-state index in [1.807, 2.05) is 35.9 Å². The Balaban J connectivity index is 1.72. The lowest BCUT2D eigenvalue weighted by Gasteiger charge is -2.32. The minimum atomic E-state index is -0.234. The number of nitrogens with one attached hydrogen (secondary N) is 1. The highest BCUT2D eigenvalue weighted by Crippen LogP contribution is 2.40. The highest BCUT2D eigenvalue weighted by molar-refractivity contribution is 7.99. The summed E-state index contributed by atoms with van der Waals surface area (Å²) in [6.07, 6.45) is 4.64. The molecule has 6 nitrogen and oxygen atoms in total. The van der Waals surface area contributed by atoms with Crippen molar-refractivity contribution >= 4 is 23.5 Å². The maximum absolute atomic E-state index is 12.8. The quantitative estimate of drug-likeness (QED) is 0.543. The molecule has 0 amide bonds. The Morgan fingerprint density at radius 2 is 2.07 bits per heavy atom. The molecule has 1 unspecified atom stereocenters. The zero-order chi connectivity index (χ0) is 19.5. The van der Waals surface area contributed by atoms with Crippen molar-refractivity contribution in [2.45, 2.75) is 57.1 Å². The number of carbonyl (C=O) groups is 1. The van der Waals surface area contributed by atoms with E-state index in [2.05, 4.69) is 12.2 Å². The predicted molar refractivity (Wildman–Crippen MR) is 111 cm³/mol. The molecule has 1 aromatic carbocycles. The number of hydrogen-bond acceptors (Lipinski definition) is 6. The molecule has 0 bridgehead atoms. The normalized spacial score (nSPS) is 18.5. The number of ketones is 1. The topological polar surface area (TPSA) is 69.0 Å². The lowest BCUT2D eigenvalue weighted by Crippen LogP contribution is -2.31. The summed E-state index contributed by atoms with van der Waals surface area (Å²) in [5, 5.41) is 8.90. The molecule has 2 aliphatic rings. The second-order valence-corrected chi connectivity index (χ2v) is 8.13. The maximum Gasteiger partial charge on any atom is 0.227 e. The van der Waals surface area contributed by atoms with Gasteiger partial charge in [-0.2, -0.15) is 4.98 Å². The van der Waals surface area contributed by atoms with Crippen molar-refractivity contribution in [3.05, 3.63) is 41.1 Å². The average molecular weight is 399 g/mol. The summed E-state index contributed by atoms with van der Waals surface area (Å²) in [7, 11) is 0. The first kappa shape index (κ1) is 19.1. The lowest BCUT2D eigenvalue weighted by atomic mass is 9.85. The van der Waals surface area contributed by atoms with Crippen LogP contribution in [0.4, 0.5) is 5.95 Å². The van der Waals surface area contributed by atoms with Gasteiger partial charge in [0, 0.05) is 23.4 Å². The molecular weight excluding hydrogens is 372 g/mol. The number of thioether (sulfide) groups is 1. The summed E-state index contributed by atoms with van der Waals surface area (Å²) in [6, 6.07) is 7.75. The number of ether oxygens (including phenoxy) is 1. The largest absolute Gasteiger partial charge is 0.494 e. The summed E-state index contributed by atoms with van der Waals surface area (Å²) in [5.74, 6) is 2.76. The molecule has 148 valence electrons. The van der Waals surface area contributed by atoms with Gasteiger partial charge in [-0.05, 0) is 43.9 Å². The SMILES string of the molecule is CCCCSc1nc2n(n1)C(c1ccc(OCC)cc1)C1=C(CCCC1=O)N2. The minimum Gasteiger partial charge on any atom is -0.494 e. The van der Waals surface area contributed by atoms with E-state index in [9.17, 15) is 4.79 Å². The Labute approximate surface area is 169 Å². The molecule has 1 aliphatic heterocycles. The number of aromatic nitrogens is 3. The number of allylic oxidation sites excluding steroid dienone is 2. The Morgan fingerprint density at radius 1 is 1.25 bits per heavy atom. The third-order valence-corrected chi connectivity index (χ3v) is 6.01. The van der Waals surface area contributed by atoms with Gasteiger partial charge in [-0.1, -0.05) is 37.2 Å². The minimum absolute atomic E-state index is 0.203. The number of hydrogen-bond donors (Lipinski definition) is 1. The smallest absolute Gasteiger partial charge is 0.227 e. The van der Waals surface area contributed by atoms with E-state index in [0.717, 1.165) is 65.1 Å². The van der Waals surface area contributed by atoms with E-state index < -0.39 is 0 Å². The average Bonchev–Trinajstić information content (AvgIpc) is 3.10. The standard InChI is InChI=1S/C21H26N4O2S/c1-3-5-13-28-21-23-20-22-16-7-6-8-17(26)18(16)19(25(20)24-21)14-9-11-15(12-10-14)27-4-2/h9-12,19H,3-8,13H2,1-2H3,(H,22,23,24). The third kappa shape index (κ3) is 3.68. The predicted octanol–water partition coefficient (Wildman–Crippen LogP) is 4.59. The molecule has 1 atom stereocenters. The van der Waals surface area contributed by atoms with Crippen LogP contribution in [0.2, 0.25) is 0 Å². The van der Waals surface area contributed by atoms with E-state index in [1.54, 1.807) is 11.8 Å². The maximum atomic E-state index is 12.8. The van der Waals surface area contributed by atoms with Crippen LogP contribution in [0.3, 0.4) is 0 Å². The monoisotopic (exact) mass is 398 g/mol. The van der Waals surface area contributed by atoms with E-state index in [-0.39, 0.29) is 11.8 Å². The van der Waals surface area contributed by atoms with Gasteiger partial charge in [0.15, 0.2) is 5.78 Å². The molecule has 1 aromatic heterocycles. The number of nitrogens with zero attached hydrogens (tertiary/aromatic N) is 3. The summed E-state index contributed by atoms with van der Waals surface area (Å²) < 4.78 is 7.46. The molecule has 0 spiro atoms. The van der Waals surface area contributed by atoms with E-state index >= 15 is 0 Å². The first-order valence-electron chi connectivity index (χ1n) is 10.1. The van der Waals surface area contributed by atoms with Crippen LogP contribution in [-0.2, 0) is 4.79 Å². The summed E-state index contributed by atoms with van der Waals surface area (Å²) in [4.78, 5) is 17.5. The molecule has 0 fully saturated rings. The van der Waals surface area contributed by atoms with Gasteiger partial charge in [0.2, 0.25) is 11.1 Å². The molecule has 28 heavy (non-hydrogen) atoms. The van der Waals surface area contributed by atoms with Crippen LogP contribution in [0.25, 0.3) is 0 Å². The Kier molecular flexibility index (Phi) is 5.71. The van der Waals surface area contributed by atoms with Crippen LogP contribution >= 0.6 is 11.8 Å². The van der Waals surface area contributed by atoms with Gasteiger partial charge < -0.3 is 10.1 Å². The van der Waals surface area contributed by atoms with Gasteiger partial charge in [-0.25, -0.2) is 4.68 Å². The van der Waals surface area contributed by atoms with Crippen molar-refractivity contribution in [2.24, 2.45) is 0 Å². The van der Waals surface area contributed by atoms with Crippen LogP contribution in [0.1, 0.15) is 57.6 Å². The van der Waals surface area contributed by atoms with Crippen LogP contribution < -0.4 is 10.1 Å². The third-order valence-electron chi connectivity index (χ3n) is 5.08. The Morgan fingerprint density at radius 3 is 2.82 bits per heavy atom. The van der Waals surface area contributed by atoms with Gasteiger partial charge >= 0.3 is 0 Å². The van der Waals surface area contributed by atoms with E-state index in [1.165, 1.54) is 0 Å². The number of anilines is 1. The first-order valence-corrected chi connectivity index (χ1v) is 11.0. The molecule has 1 N–H and O–H groups in total. The fourth-order valence-electron chi connectivity index (χ4n) is 3.73. The number of rotatable bonds is 7. The van der Waals surface area contributed by atoms with Gasteiger partial charge in [-0.15, -0.1) is 5.10 Å². The second kappa shape index (κ2) is 8.39. The Bertz CT molecular complexity index is 888. The summed E-state index contributed by atoms with van der Waals surface area (Å²) in [6.45, 7) is 4.78. The number of fused-ring (bicyclic) bond motifs is 1. The summed E-state index contributed by atoms with van der Waals surface area (Å²) >= 11 is 1.67. The molecule has 4 rings (SSSR count). The van der Waals surface area contributed by atoms with Crippen molar-refractivity contribution < 1.29 is 9.53 Å². The van der Waals surface area contributed by atoms with Crippen LogP contribution in [-0.4, -0.2) is 32.9 Å². The zero-order valence-electron chi connectivity index (χ0n) is 16.4. The lowest BCUT2D eigenvalue weighted by molar-refractivity contribution is -0.116. The number of carbonyl (C=O) groups excluding carboxylic acids is 1. The molecule has 2 aromatic rings. The molecule has 2 heterocycles. The fraction of sp³-hybridized carbons (Fsp3) is 0.476. The number of Topliss-reactive ketones (excluding diaryl/α,β-unsaturated/α-hetero) is 1. The molecular formula is C21H26N4O2S. The van der Waals surface area contributed by atoms with E-state index in [0.29, 0.717) is 13.0 Å². The summed E-state index contributed by atoms with van der Waals surface area (Å²) in [5.41, 5.74) is 2.86. The van der Waals surface area contributed by atoms with Crippen molar-refractivity contribution in [1.82, 2.24) is 14.8 Å². The highest BCUT2D eigenvalue weighted by atomic mass is 32.2. The fourth-order valence-corrected chi connectivity index (χ4v) is 4.64. The zero-order valence-corrected chi connectivity index (χ0v) is 17.2. The van der Waals surface area contributed by atoms with Gasteiger partial charge in [0.25, 0.3) is 0 Å². The highest BCUT2D eigenvalue weighted by Gasteiger charge is 2.36. The molecule has 7 heteroatoms. The van der Waals surface area contributed by atoms with Crippen molar-refractivity contribution in [1.29, 1.82) is 0 Å². The first-order chi connectivity index (χ1) is 13.7. The van der Waals surface area contributed by atoms with Gasteiger partial charge in [0.1, 0.15) is 11.8 Å². The second-order valence-electron chi connectivity index (χ2n) is 7.06. The van der Waals surface area contributed by atoms with Crippen molar-refractivity contribution in [3.8, 4) is 5.75 Å². The number of unbranched alkanes of at least 4 members (excludes halogenated alkanes) is 1. The van der Waals surface area contributed by atoms with Crippen LogP contribution in [0.5, 0.6) is 5.75 Å². The van der Waals surface area contributed by atoms with Crippen LogP contribution in [0, 0.1) is 0 Å². The van der Waals surface area contributed by atoms with Gasteiger partial charge in [0.05, 0.1) is 6.61 Å². The van der Waals surface area contributed by atoms with Gasteiger partial charge in [-0.3, -0.25) is 4.79 Å². The molecule has 0 saturated carbocycles. The van der Waals surface area contributed by atoms with Crippen LogP contribution in [0.15, 0.2) is 40.7 Å². The Hall–Kier alpha value is -2.28. The molecule has 0 saturated heterocycles. The van der Waals surface area contributed by atoms with Crippen molar-refractivity contribution in [2.75, 3.05) is 17.7 Å². The molecule has 0 radical (unpaired) electrons. The van der Waals surface area contributed by atoms with Crippen molar-refractivity contribution in [3.63, 3.8) is 0 Å². The number of benzene rings is 1.